The minimum absolute atomic E-state index is 0.0406. The molecule has 124 valence electrons. The van der Waals surface area contributed by atoms with E-state index >= 15 is 0 Å². The van der Waals surface area contributed by atoms with E-state index in [-0.39, 0.29) is 5.91 Å². The third-order valence-electron chi connectivity index (χ3n) is 4.13. The Morgan fingerprint density at radius 1 is 1.25 bits per heavy atom. The molecule has 2 aromatic heterocycles. The van der Waals surface area contributed by atoms with E-state index in [0.29, 0.717) is 18.7 Å². The van der Waals surface area contributed by atoms with Gasteiger partial charge in [0, 0.05) is 44.4 Å². The standard InChI is InChI=1S/C16H16ClN5OS/c1-20-10-11(9-18-20)15(23)21-4-6-22(7-5-21)16-19-13-3-2-12(17)8-14(13)24-16/h2-3,8-10H,4-7H2,1H3. The Morgan fingerprint density at radius 2 is 2.04 bits per heavy atom. The molecule has 8 heteroatoms. The molecule has 3 heterocycles. The Morgan fingerprint density at radius 3 is 2.75 bits per heavy atom. The first-order valence-corrected chi connectivity index (χ1v) is 8.88. The summed E-state index contributed by atoms with van der Waals surface area (Å²) < 4.78 is 2.74. The highest BCUT2D eigenvalue weighted by Gasteiger charge is 2.24. The number of carbonyl (C=O) groups excluding carboxylic acids is 1. The number of hydrogen-bond acceptors (Lipinski definition) is 5. The van der Waals surface area contributed by atoms with E-state index in [9.17, 15) is 4.79 Å². The van der Waals surface area contributed by atoms with Crippen LogP contribution in [0.2, 0.25) is 5.02 Å². The third kappa shape index (κ3) is 2.85. The van der Waals surface area contributed by atoms with Gasteiger partial charge >= 0.3 is 0 Å². The highest BCUT2D eigenvalue weighted by atomic mass is 35.5. The molecule has 24 heavy (non-hydrogen) atoms. The molecule has 0 unspecified atom stereocenters. The predicted octanol–water partition coefficient (Wildman–Crippen LogP) is 2.65. The number of carbonyl (C=O) groups is 1. The Balaban J connectivity index is 1.46. The zero-order valence-corrected chi connectivity index (χ0v) is 14.7. The van der Waals surface area contributed by atoms with Crippen molar-refractivity contribution in [2.24, 2.45) is 7.05 Å². The largest absolute Gasteiger partial charge is 0.345 e. The maximum Gasteiger partial charge on any atom is 0.257 e. The molecule has 4 rings (SSSR count). The van der Waals surface area contributed by atoms with Crippen molar-refractivity contribution < 1.29 is 4.79 Å². The van der Waals surface area contributed by atoms with E-state index in [1.165, 1.54) is 0 Å². The normalized spacial score (nSPS) is 15.2. The molecule has 1 saturated heterocycles. The highest BCUT2D eigenvalue weighted by Crippen LogP contribution is 2.31. The zero-order chi connectivity index (χ0) is 16.7. The lowest BCUT2D eigenvalue weighted by Gasteiger charge is -2.34. The van der Waals surface area contributed by atoms with Crippen LogP contribution in [0, 0.1) is 0 Å². The van der Waals surface area contributed by atoms with Gasteiger partial charge < -0.3 is 9.80 Å². The first kappa shape index (κ1) is 15.4. The molecular formula is C16H16ClN5OS. The number of fused-ring (bicyclic) bond motifs is 1. The number of aromatic nitrogens is 3. The van der Waals surface area contributed by atoms with Crippen LogP contribution in [-0.4, -0.2) is 51.8 Å². The molecule has 1 fully saturated rings. The zero-order valence-electron chi connectivity index (χ0n) is 13.1. The molecule has 3 aromatic rings. The van der Waals surface area contributed by atoms with Crippen LogP contribution in [0.15, 0.2) is 30.6 Å². The maximum atomic E-state index is 12.5. The lowest BCUT2D eigenvalue weighted by molar-refractivity contribution is 0.0746. The van der Waals surface area contributed by atoms with E-state index in [2.05, 4.69) is 15.0 Å². The van der Waals surface area contributed by atoms with Crippen LogP contribution in [0.1, 0.15) is 10.4 Å². The van der Waals surface area contributed by atoms with Crippen LogP contribution >= 0.6 is 22.9 Å². The van der Waals surface area contributed by atoms with Gasteiger partial charge in [-0.3, -0.25) is 9.48 Å². The number of hydrogen-bond donors (Lipinski definition) is 0. The number of benzene rings is 1. The summed E-state index contributed by atoms with van der Waals surface area (Å²) in [4.78, 5) is 21.2. The molecular weight excluding hydrogens is 346 g/mol. The second-order valence-corrected chi connectivity index (χ2v) is 7.24. The van der Waals surface area contributed by atoms with Crippen molar-refractivity contribution in [3.63, 3.8) is 0 Å². The van der Waals surface area contributed by atoms with Gasteiger partial charge in [-0.25, -0.2) is 4.98 Å². The van der Waals surface area contributed by atoms with Crippen LogP contribution in [0.25, 0.3) is 10.2 Å². The molecule has 1 aliphatic heterocycles. The van der Waals surface area contributed by atoms with E-state index in [0.717, 1.165) is 33.5 Å². The number of thiazole rings is 1. The highest BCUT2D eigenvalue weighted by molar-refractivity contribution is 7.22. The van der Waals surface area contributed by atoms with Crippen molar-refractivity contribution >= 4 is 44.2 Å². The average Bonchev–Trinajstić information content (AvgIpc) is 3.20. The summed E-state index contributed by atoms with van der Waals surface area (Å²) in [6, 6.07) is 5.75. The van der Waals surface area contributed by atoms with Gasteiger partial charge in [-0.05, 0) is 18.2 Å². The van der Waals surface area contributed by atoms with E-state index < -0.39 is 0 Å². The lowest BCUT2D eigenvalue weighted by Crippen LogP contribution is -2.48. The number of rotatable bonds is 2. The molecule has 0 N–H and O–H groups in total. The van der Waals surface area contributed by atoms with Gasteiger partial charge in [0.2, 0.25) is 0 Å². The van der Waals surface area contributed by atoms with Gasteiger partial charge in [0.1, 0.15) is 0 Å². The summed E-state index contributed by atoms with van der Waals surface area (Å²) in [7, 11) is 1.81. The smallest absolute Gasteiger partial charge is 0.257 e. The second-order valence-electron chi connectivity index (χ2n) is 5.79. The summed E-state index contributed by atoms with van der Waals surface area (Å²) in [6.45, 7) is 2.92. The van der Waals surface area contributed by atoms with E-state index in [4.69, 9.17) is 11.6 Å². The van der Waals surface area contributed by atoms with Gasteiger partial charge in [0.25, 0.3) is 5.91 Å². The number of anilines is 1. The van der Waals surface area contributed by atoms with Crippen LogP contribution in [0.3, 0.4) is 0 Å². The maximum absolute atomic E-state index is 12.5. The van der Waals surface area contributed by atoms with Gasteiger partial charge in [-0.2, -0.15) is 5.10 Å². The van der Waals surface area contributed by atoms with E-state index in [1.807, 2.05) is 30.1 Å². The molecule has 6 nitrogen and oxygen atoms in total. The summed E-state index contributed by atoms with van der Waals surface area (Å²) in [6.07, 6.45) is 3.37. The quantitative estimate of drug-likeness (QED) is 0.704. The second kappa shape index (κ2) is 6.07. The van der Waals surface area contributed by atoms with Crippen molar-refractivity contribution in [3.05, 3.63) is 41.2 Å². The molecule has 0 atom stereocenters. The summed E-state index contributed by atoms with van der Waals surface area (Å²) >= 11 is 7.68. The molecule has 0 saturated carbocycles. The summed E-state index contributed by atoms with van der Waals surface area (Å²) in [5.74, 6) is 0.0406. The van der Waals surface area contributed by atoms with Gasteiger partial charge in [-0.15, -0.1) is 0 Å². The third-order valence-corrected chi connectivity index (χ3v) is 5.44. The fraction of sp³-hybridized carbons (Fsp3) is 0.312. The van der Waals surface area contributed by atoms with Crippen LogP contribution in [0.4, 0.5) is 5.13 Å². The Hall–Kier alpha value is -2.12. The minimum atomic E-state index is 0.0406. The Bertz CT molecular complexity index is 897. The molecule has 1 amide bonds. The van der Waals surface area contributed by atoms with Gasteiger partial charge in [0.05, 0.1) is 22.0 Å². The number of aryl methyl sites for hydroxylation is 1. The Labute approximate surface area is 148 Å². The molecule has 0 bridgehead atoms. The van der Waals surface area contributed by atoms with Crippen LogP contribution in [-0.2, 0) is 7.05 Å². The first-order chi connectivity index (χ1) is 11.6. The fourth-order valence-electron chi connectivity index (χ4n) is 2.84. The van der Waals surface area contributed by atoms with Crippen molar-refractivity contribution in [2.45, 2.75) is 0 Å². The monoisotopic (exact) mass is 361 g/mol. The van der Waals surface area contributed by atoms with Crippen molar-refractivity contribution in [1.82, 2.24) is 19.7 Å². The molecule has 0 radical (unpaired) electrons. The fourth-order valence-corrected chi connectivity index (χ4v) is 4.13. The predicted molar refractivity (Wildman–Crippen MR) is 96.0 cm³/mol. The van der Waals surface area contributed by atoms with Crippen LogP contribution < -0.4 is 4.90 Å². The number of piperazine rings is 1. The summed E-state index contributed by atoms with van der Waals surface area (Å²) in [5.41, 5.74) is 1.61. The molecule has 1 aromatic carbocycles. The first-order valence-electron chi connectivity index (χ1n) is 7.69. The van der Waals surface area contributed by atoms with Gasteiger partial charge in [0.15, 0.2) is 5.13 Å². The molecule has 0 aliphatic carbocycles. The topological polar surface area (TPSA) is 54.3 Å². The van der Waals surface area contributed by atoms with Crippen molar-refractivity contribution in [1.29, 1.82) is 0 Å². The number of amides is 1. The Kier molecular flexibility index (Phi) is 3.90. The van der Waals surface area contributed by atoms with Crippen LogP contribution in [0.5, 0.6) is 0 Å². The minimum Gasteiger partial charge on any atom is -0.345 e. The van der Waals surface area contributed by atoms with E-state index in [1.54, 1.807) is 28.4 Å². The van der Waals surface area contributed by atoms with Crippen molar-refractivity contribution in [3.8, 4) is 0 Å². The van der Waals surface area contributed by atoms with Crippen molar-refractivity contribution in [2.75, 3.05) is 31.1 Å². The number of nitrogens with zero attached hydrogens (tertiary/aromatic N) is 5. The summed E-state index contributed by atoms with van der Waals surface area (Å²) in [5, 5.41) is 5.78. The molecule has 1 aliphatic rings. The van der Waals surface area contributed by atoms with Gasteiger partial charge in [-0.1, -0.05) is 22.9 Å². The number of halogens is 1. The lowest BCUT2D eigenvalue weighted by atomic mass is 10.2. The SMILES string of the molecule is Cn1cc(C(=O)N2CCN(c3nc4ccc(Cl)cc4s3)CC2)cn1. The molecule has 0 spiro atoms. The average molecular weight is 362 g/mol.